The lowest BCUT2D eigenvalue weighted by Gasteiger charge is -2.21. The van der Waals surface area contributed by atoms with E-state index in [0.717, 1.165) is 18.7 Å². The minimum absolute atomic E-state index is 0.379. The maximum Gasteiger partial charge on any atom is 0.340 e. The molecule has 1 aromatic carbocycles. The van der Waals surface area contributed by atoms with Crippen LogP contribution in [0.1, 0.15) is 27.7 Å². The Bertz CT molecular complexity index is 596. The van der Waals surface area contributed by atoms with Gasteiger partial charge in [-0.25, -0.2) is 4.79 Å². The largest absolute Gasteiger partial charge is 0.465 e. The Hall–Kier alpha value is -1.85. The van der Waals surface area contributed by atoms with Gasteiger partial charge in [0.1, 0.15) is 0 Å². The van der Waals surface area contributed by atoms with Gasteiger partial charge in [-0.15, -0.1) is 11.3 Å². The molecule has 2 rings (SSSR count). The second kappa shape index (κ2) is 7.24. The maximum absolute atomic E-state index is 11.9. The molecule has 0 unspecified atom stereocenters. The predicted molar refractivity (Wildman–Crippen MR) is 86.3 cm³/mol. The van der Waals surface area contributed by atoms with E-state index in [1.165, 1.54) is 12.0 Å². The van der Waals surface area contributed by atoms with Crippen LogP contribution in [-0.2, 0) is 17.8 Å². The quantitative estimate of drug-likeness (QED) is 0.658. The number of carbonyl (C=O) groups excluding carboxylic acids is 1. The van der Waals surface area contributed by atoms with E-state index < -0.39 is 0 Å². The molecule has 4 nitrogen and oxygen atoms in total. The van der Waals surface area contributed by atoms with Crippen LogP contribution in [0.25, 0.3) is 0 Å². The molecular weight excluding hydrogens is 284 g/mol. The summed E-state index contributed by atoms with van der Waals surface area (Å²) in [5.41, 5.74) is 7.78. The van der Waals surface area contributed by atoms with Crippen molar-refractivity contribution in [3.8, 4) is 0 Å². The van der Waals surface area contributed by atoms with E-state index in [1.807, 2.05) is 18.2 Å². The van der Waals surface area contributed by atoms with Crippen LogP contribution in [0.3, 0.4) is 0 Å². The first kappa shape index (κ1) is 15.5. The molecular formula is C16H20N2O2S. The summed E-state index contributed by atoms with van der Waals surface area (Å²) in [6.07, 6.45) is 0. The van der Waals surface area contributed by atoms with Crippen LogP contribution >= 0.6 is 11.3 Å². The van der Waals surface area contributed by atoms with Crippen molar-refractivity contribution in [2.75, 3.05) is 19.4 Å². The monoisotopic (exact) mass is 304 g/mol. The molecule has 0 spiro atoms. The summed E-state index contributed by atoms with van der Waals surface area (Å²) >= 11 is 1.74. The first-order valence-corrected chi connectivity index (χ1v) is 7.74. The van der Waals surface area contributed by atoms with E-state index in [-0.39, 0.29) is 5.97 Å². The zero-order chi connectivity index (χ0) is 15.2. The van der Waals surface area contributed by atoms with Crippen molar-refractivity contribution < 1.29 is 9.53 Å². The molecule has 0 aliphatic rings. The molecule has 0 aliphatic carbocycles. The number of nitrogens with two attached hydrogens (primary N) is 1. The zero-order valence-electron chi connectivity index (χ0n) is 12.3. The Morgan fingerprint density at radius 2 is 2.10 bits per heavy atom. The van der Waals surface area contributed by atoms with E-state index in [4.69, 9.17) is 10.5 Å². The van der Waals surface area contributed by atoms with Crippen molar-refractivity contribution in [1.82, 2.24) is 4.90 Å². The van der Waals surface area contributed by atoms with Crippen molar-refractivity contribution in [2.24, 2.45) is 0 Å². The van der Waals surface area contributed by atoms with E-state index in [2.05, 4.69) is 23.3 Å². The summed E-state index contributed by atoms with van der Waals surface area (Å²) in [6.45, 7) is 4.54. The molecule has 0 saturated heterocycles. The highest BCUT2D eigenvalue weighted by atomic mass is 32.1. The molecule has 0 aliphatic heterocycles. The van der Waals surface area contributed by atoms with Gasteiger partial charge in [-0.2, -0.15) is 0 Å². The Labute approximate surface area is 129 Å². The van der Waals surface area contributed by atoms with Gasteiger partial charge < -0.3 is 10.5 Å². The zero-order valence-corrected chi connectivity index (χ0v) is 13.2. The maximum atomic E-state index is 11.9. The number of esters is 1. The fourth-order valence-electron chi connectivity index (χ4n) is 2.25. The lowest BCUT2D eigenvalue weighted by atomic mass is 10.0. The van der Waals surface area contributed by atoms with Gasteiger partial charge in [0.05, 0.1) is 12.7 Å². The van der Waals surface area contributed by atoms with E-state index in [1.54, 1.807) is 17.4 Å². The van der Waals surface area contributed by atoms with Crippen molar-refractivity contribution in [3.05, 3.63) is 51.7 Å². The molecule has 2 aromatic rings. The van der Waals surface area contributed by atoms with Crippen LogP contribution in [0.2, 0.25) is 0 Å². The third-order valence-corrected chi connectivity index (χ3v) is 4.23. The Balaban J connectivity index is 2.21. The van der Waals surface area contributed by atoms with Crippen molar-refractivity contribution in [1.29, 1.82) is 0 Å². The normalized spacial score (nSPS) is 10.8. The molecule has 1 aromatic heterocycles. The third kappa shape index (κ3) is 3.83. The number of anilines is 1. The minimum atomic E-state index is -0.379. The van der Waals surface area contributed by atoms with E-state index in [0.29, 0.717) is 17.8 Å². The Morgan fingerprint density at radius 3 is 2.71 bits per heavy atom. The highest BCUT2D eigenvalue weighted by molar-refractivity contribution is 7.09. The molecule has 0 fully saturated rings. The first-order chi connectivity index (χ1) is 10.2. The smallest absolute Gasteiger partial charge is 0.340 e. The van der Waals surface area contributed by atoms with Crippen molar-refractivity contribution in [2.45, 2.75) is 20.0 Å². The number of rotatable bonds is 6. The SMILES string of the molecule is CCN(Cc1cccs1)Cc1cccc(N)c1C(=O)OC. The fraction of sp³-hybridized carbons (Fsp3) is 0.312. The van der Waals surface area contributed by atoms with Crippen LogP contribution in [0.4, 0.5) is 5.69 Å². The van der Waals surface area contributed by atoms with Crippen molar-refractivity contribution in [3.63, 3.8) is 0 Å². The van der Waals surface area contributed by atoms with Gasteiger partial charge in [-0.1, -0.05) is 25.1 Å². The fourth-order valence-corrected chi connectivity index (χ4v) is 2.99. The number of benzene rings is 1. The van der Waals surface area contributed by atoms with Gasteiger partial charge in [-0.05, 0) is 29.6 Å². The van der Waals surface area contributed by atoms with Crippen molar-refractivity contribution >= 4 is 23.0 Å². The molecule has 21 heavy (non-hydrogen) atoms. The van der Waals surface area contributed by atoms with Gasteiger partial charge in [0.2, 0.25) is 0 Å². The Kier molecular flexibility index (Phi) is 5.36. The summed E-state index contributed by atoms with van der Waals surface area (Å²) in [5, 5.41) is 2.07. The average molecular weight is 304 g/mol. The number of ether oxygens (including phenoxy) is 1. The predicted octanol–water partition coefficient (Wildman–Crippen LogP) is 3.14. The molecule has 5 heteroatoms. The second-order valence-electron chi connectivity index (χ2n) is 4.76. The lowest BCUT2D eigenvalue weighted by molar-refractivity contribution is 0.0599. The van der Waals surface area contributed by atoms with Gasteiger partial charge in [-0.3, -0.25) is 4.90 Å². The van der Waals surface area contributed by atoms with Crippen LogP contribution in [0, 0.1) is 0 Å². The minimum Gasteiger partial charge on any atom is -0.465 e. The highest BCUT2D eigenvalue weighted by Crippen LogP contribution is 2.21. The lowest BCUT2D eigenvalue weighted by Crippen LogP contribution is -2.23. The third-order valence-electron chi connectivity index (χ3n) is 3.37. The first-order valence-electron chi connectivity index (χ1n) is 6.86. The Morgan fingerprint density at radius 1 is 1.29 bits per heavy atom. The topological polar surface area (TPSA) is 55.6 Å². The van der Waals surface area contributed by atoms with Crippen LogP contribution in [0.5, 0.6) is 0 Å². The number of methoxy groups -OCH3 is 1. The number of nitrogens with zero attached hydrogens (tertiary/aromatic N) is 1. The number of hydrogen-bond acceptors (Lipinski definition) is 5. The summed E-state index contributed by atoms with van der Waals surface area (Å²) in [7, 11) is 1.38. The van der Waals surface area contributed by atoms with E-state index in [9.17, 15) is 4.79 Å². The van der Waals surface area contributed by atoms with Gasteiger partial charge in [0.15, 0.2) is 0 Å². The second-order valence-corrected chi connectivity index (χ2v) is 5.79. The standard InChI is InChI=1S/C16H20N2O2S/c1-3-18(11-13-7-5-9-21-13)10-12-6-4-8-14(17)15(12)16(19)20-2/h4-9H,3,10-11,17H2,1-2H3. The highest BCUT2D eigenvalue weighted by Gasteiger charge is 2.17. The molecule has 2 N–H and O–H groups in total. The molecule has 0 atom stereocenters. The molecule has 0 saturated carbocycles. The molecule has 1 heterocycles. The molecule has 0 radical (unpaired) electrons. The van der Waals surface area contributed by atoms with Gasteiger partial charge in [0.25, 0.3) is 0 Å². The summed E-state index contributed by atoms with van der Waals surface area (Å²) < 4.78 is 4.84. The number of hydrogen-bond donors (Lipinski definition) is 1. The molecule has 112 valence electrons. The summed E-state index contributed by atoms with van der Waals surface area (Å²) in [4.78, 5) is 15.5. The summed E-state index contributed by atoms with van der Waals surface area (Å²) in [5.74, 6) is -0.379. The van der Waals surface area contributed by atoms with Crippen LogP contribution < -0.4 is 5.73 Å². The van der Waals surface area contributed by atoms with Crippen LogP contribution in [-0.4, -0.2) is 24.5 Å². The van der Waals surface area contributed by atoms with Crippen LogP contribution in [0.15, 0.2) is 35.7 Å². The van der Waals surface area contributed by atoms with Gasteiger partial charge >= 0.3 is 5.97 Å². The van der Waals surface area contributed by atoms with E-state index >= 15 is 0 Å². The molecule has 0 bridgehead atoms. The number of thiophene rings is 1. The summed E-state index contributed by atoms with van der Waals surface area (Å²) in [6, 6.07) is 9.70. The average Bonchev–Trinajstić information content (AvgIpc) is 2.99. The van der Waals surface area contributed by atoms with Gasteiger partial charge in [0, 0.05) is 23.7 Å². The molecule has 0 amide bonds. The number of carbonyl (C=O) groups is 1. The number of nitrogen functional groups attached to an aromatic ring is 1.